The van der Waals surface area contributed by atoms with E-state index in [1.165, 1.54) is 17.1 Å². The van der Waals surface area contributed by atoms with Crippen molar-refractivity contribution in [1.29, 1.82) is 0 Å². The molecule has 1 aromatic rings. The summed E-state index contributed by atoms with van der Waals surface area (Å²) in [5.74, 6) is -0.549. The second-order valence-corrected chi connectivity index (χ2v) is 3.30. The third-order valence-corrected chi connectivity index (χ3v) is 1.77. The molecule has 0 aliphatic rings. The van der Waals surface area contributed by atoms with Crippen LogP contribution in [0.4, 0.5) is 8.78 Å². The predicted octanol–water partition coefficient (Wildman–Crippen LogP) is 2.25. The maximum atomic E-state index is 11.6. The molecule has 7 heteroatoms. The number of rotatable bonds is 5. The van der Waals surface area contributed by atoms with Crippen molar-refractivity contribution in [3.05, 3.63) is 29.6 Å². The topological polar surface area (TPSA) is 44.1 Å². The molecule has 0 saturated heterocycles. The largest absolute Gasteiger partial charge is 0.464 e. The van der Waals surface area contributed by atoms with E-state index >= 15 is 0 Å². The maximum Gasteiger partial charge on any atom is 0.327 e. The Labute approximate surface area is 95.4 Å². The SMILES string of the molecule is O=C(Cn1cc(Cl)cn1)OCCC=C(F)F. The zero-order chi connectivity index (χ0) is 12.0. The average molecular weight is 251 g/mol. The molecule has 0 aromatic carbocycles. The van der Waals surface area contributed by atoms with Gasteiger partial charge in [-0.2, -0.15) is 13.9 Å². The summed E-state index contributed by atoms with van der Waals surface area (Å²) in [7, 11) is 0. The second-order valence-electron chi connectivity index (χ2n) is 2.86. The fraction of sp³-hybridized carbons (Fsp3) is 0.333. The number of nitrogens with zero attached hydrogens (tertiary/aromatic N) is 2. The summed E-state index contributed by atoms with van der Waals surface area (Å²) < 4.78 is 29.2. The number of hydrogen-bond donors (Lipinski definition) is 0. The van der Waals surface area contributed by atoms with Crippen molar-refractivity contribution in [2.24, 2.45) is 0 Å². The smallest absolute Gasteiger partial charge is 0.327 e. The van der Waals surface area contributed by atoms with Gasteiger partial charge in [-0.25, -0.2) is 0 Å². The molecule has 4 nitrogen and oxygen atoms in total. The van der Waals surface area contributed by atoms with Crippen molar-refractivity contribution in [3.63, 3.8) is 0 Å². The first kappa shape index (κ1) is 12.6. The predicted molar refractivity (Wildman–Crippen MR) is 53.1 cm³/mol. The zero-order valence-electron chi connectivity index (χ0n) is 8.20. The molecule has 1 heterocycles. The van der Waals surface area contributed by atoms with Gasteiger partial charge in [0.05, 0.1) is 17.8 Å². The van der Waals surface area contributed by atoms with Crippen molar-refractivity contribution < 1.29 is 18.3 Å². The molecule has 0 aliphatic carbocycles. The highest BCUT2D eigenvalue weighted by Gasteiger charge is 2.04. The fourth-order valence-electron chi connectivity index (χ4n) is 0.944. The first-order valence-corrected chi connectivity index (χ1v) is 4.80. The van der Waals surface area contributed by atoms with Crippen LogP contribution in [0, 0.1) is 0 Å². The molecule has 0 radical (unpaired) electrons. The van der Waals surface area contributed by atoms with Gasteiger partial charge in [-0.1, -0.05) is 11.6 Å². The van der Waals surface area contributed by atoms with Gasteiger partial charge in [-0.15, -0.1) is 0 Å². The van der Waals surface area contributed by atoms with E-state index in [1.54, 1.807) is 0 Å². The molecule has 16 heavy (non-hydrogen) atoms. The summed E-state index contributed by atoms with van der Waals surface area (Å²) in [5, 5.41) is 4.18. The zero-order valence-corrected chi connectivity index (χ0v) is 8.95. The van der Waals surface area contributed by atoms with E-state index in [9.17, 15) is 13.6 Å². The Balaban J connectivity index is 2.24. The van der Waals surface area contributed by atoms with E-state index in [1.807, 2.05) is 0 Å². The molecule has 0 spiro atoms. The minimum atomic E-state index is -1.78. The molecule has 0 bridgehead atoms. The molecule has 0 N–H and O–H groups in total. The van der Waals surface area contributed by atoms with Gasteiger partial charge >= 0.3 is 5.97 Å². The Morgan fingerprint density at radius 1 is 1.62 bits per heavy atom. The van der Waals surface area contributed by atoms with Gasteiger partial charge in [-0.3, -0.25) is 9.48 Å². The van der Waals surface area contributed by atoms with Crippen LogP contribution in [0.3, 0.4) is 0 Å². The summed E-state index contributed by atoms with van der Waals surface area (Å²) in [5.41, 5.74) is 0. The van der Waals surface area contributed by atoms with Gasteiger partial charge in [0.25, 0.3) is 6.08 Å². The van der Waals surface area contributed by atoms with Crippen molar-refractivity contribution in [2.75, 3.05) is 6.61 Å². The molecule has 0 amide bonds. The number of halogens is 3. The molecule has 0 atom stereocenters. The van der Waals surface area contributed by atoms with Crippen LogP contribution in [0.15, 0.2) is 24.6 Å². The van der Waals surface area contributed by atoms with E-state index in [4.69, 9.17) is 11.6 Å². The lowest BCUT2D eigenvalue weighted by Gasteiger charge is -2.02. The Bertz CT molecular complexity index is 389. The maximum absolute atomic E-state index is 11.6. The van der Waals surface area contributed by atoms with Crippen LogP contribution in [0.2, 0.25) is 5.02 Å². The molecule has 1 aromatic heterocycles. The van der Waals surface area contributed by atoms with Crippen molar-refractivity contribution >= 4 is 17.6 Å². The summed E-state index contributed by atoms with van der Waals surface area (Å²) in [6.45, 7) is -0.167. The molecule has 0 fully saturated rings. The monoisotopic (exact) mass is 250 g/mol. The van der Waals surface area contributed by atoms with Gasteiger partial charge < -0.3 is 4.74 Å². The Morgan fingerprint density at radius 3 is 2.94 bits per heavy atom. The van der Waals surface area contributed by atoms with E-state index < -0.39 is 12.0 Å². The summed E-state index contributed by atoms with van der Waals surface area (Å²) in [6, 6.07) is 0. The number of carbonyl (C=O) groups is 1. The highest BCUT2D eigenvalue weighted by atomic mass is 35.5. The number of hydrogen-bond acceptors (Lipinski definition) is 3. The Morgan fingerprint density at radius 2 is 2.38 bits per heavy atom. The van der Waals surface area contributed by atoms with Gasteiger partial charge in [-0.05, 0) is 6.08 Å². The number of ether oxygens (including phenoxy) is 1. The van der Waals surface area contributed by atoms with Crippen molar-refractivity contribution in [1.82, 2.24) is 9.78 Å². The molecule has 0 aliphatic heterocycles. The van der Waals surface area contributed by atoms with Crippen LogP contribution < -0.4 is 0 Å². The van der Waals surface area contributed by atoms with E-state index in [0.717, 1.165) is 0 Å². The van der Waals surface area contributed by atoms with Gasteiger partial charge in [0.1, 0.15) is 6.54 Å². The molecule has 0 unspecified atom stereocenters. The summed E-state index contributed by atoms with van der Waals surface area (Å²) in [4.78, 5) is 11.1. The van der Waals surface area contributed by atoms with Crippen LogP contribution in [-0.4, -0.2) is 22.4 Å². The van der Waals surface area contributed by atoms with Gasteiger partial charge in [0.2, 0.25) is 0 Å². The highest BCUT2D eigenvalue weighted by molar-refractivity contribution is 6.30. The third-order valence-electron chi connectivity index (χ3n) is 1.57. The van der Waals surface area contributed by atoms with Crippen LogP contribution in [0.25, 0.3) is 0 Å². The van der Waals surface area contributed by atoms with E-state index in [-0.39, 0.29) is 19.6 Å². The minimum Gasteiger partial charge on any atom is -0.464 e. The van der Waals surface area contributed by atoms with E-state index in [2.05, 4.69) is 9.84 Å². The number of aromatic nitrogens is 2. The van der Waals surface area contributed by atoms with E-state index in [0.29, 0.717) is 11.1 Å². The lowest BCUT2D eigenvalue weighted by molar-refractivity contribution is -0.144. The Hall–Kier alpha value is -1.43. The number of carbonyl (C=O) groups excluding carboxylic acids is 1. The lowest BCUT2D eigenvalue weighted by Crippen LogP contribution is -2.14. The normalized spacial score (nSPS) is 9.94. The molecule has 88 valence electrons. The van der Waals surface area contributed by atoms with Crippen LogP contribution in [0.5, 0.6) is 0 Å². The molecular weight excluding hydrogens is 242 g/mol. The van der Waals surface area contributed by atoms with Crippen molar-refractivity contribution in [2.45, 2.75) is 13.0 Å². The summed E-state index contributed by atoms with van der Waals surface area (Å²) >= 11 is 5.58. The number of esters is 1. The Kier molecular flexibility index (Phi) is 4.91. The molecule has 0 saturated carbocycles. The van der Waals surface area contributed by atoms with Crippen molar-refractivity contribution in [3.8, 4) is 0 Å². The second kappa shape index (κ2) is 6.22. The van der Waals surface area contributed by atoms with Crippen LogP contribution in [0.1, 0.15) is 6.42 Å². The van der Waals surface area contributed by atoms with Crippen LogP contribution >= 0.6 is 11.6 Å². The molecular formula is C9H9ClF2N2O2. The molecule has 1 rings (SSSR count). The van der Waals surface area contributed by atoms with Crippen LogP contribution in [-0.2, 0) is 16.1 Å². The minimum absolute atomic E-state index is 0.00602. The highest BCUT2D eigenvalue weighted by Crippen LogP contribution is 2.04. The average Bonchev–Trinajstić information content (AvgIpc) is 2.58. The third kappa shape index (κ3) is 4.88. The lowest BCUT2D eigenvalue weighted by atomic mass is 10.4. The first-order valence-electron chi connectivity index (χ1n) is 4.42. The van der Waals surface area contributed by atoms with Gasteiger partial charge in [0.15, 0.2) is 0 Å². The quantitative estimate of drug-likeness (QED) is 0.595. The first-order chi connectivity index (χ1) is 7.58. The standard InChI is InChI=1S/C9H9ClF2N2O2/c10-7-4-13-14(5-7)6-9(15)16-3-1-2-8(11)12/h2,4-5H,1,3,6H2. The summed E-state index contributed by atoms with van der Waals surface area (Å²) in [6.07, 6.45) is 1.75. The van der Waals surface area contributed by atoms with Gasteiger partial charge in [0, 0.05) is 12.6 Å². The fourth-order valence-corrected chi connectivity index (χ4v) is 1.10.